The summed E-state index contributed by atoms with van der Waals surface area (Å²) in [5.74, 6) is -0.916. The number of benzene rings is 1. The van der Waals surface area contributed by atoms with Crippen molar-refractivity contribution >= 4 is 34.1 Å². The molecule has 0 atom stereocenters. The Kier molecular flexibility index (Phi) is 8.56. The van der Waals surface area contributed by atoms with Gasteiger partial charge in [0.05, 0.1) is 25.3 Å². The van der Waals surface area contributed by atoms with Crippen molar-refractivity contribution in [3.05, 3.63) is 41.5 Å². The average molecular weight is 432 g/mol. The van der Waals surface area contributed by atoms with E-state index in [-0.39, 0.29) is 37.6 Å². The molecule has 30 heavy (non-hydrogen) atoms. The predicted octanol–water partition coefficient (Wildman–Crippen LogP) is 3.30. The molecule has 1 heterocycles. The number of amides is 2. The van der Waals surface area contributed by atoms with Crippen LogP contribution in [0.1, 0.15) is 36.7 Å². The van der Waals surface area contributed by atoms with E-state index in [4.69, 9.17) is 4.74 Å². The summed E-state index contributed by atoms with van der Waals surface area (Å²) in [6.45, 7) is 7.72. The number of nitrogens with zero attached hydrogens (tertiary/aromatic N) is 1. The van der Waals surface area contributed by atoms with Gasteiger partial charge in [0.15, 0.2) is 0 Å². The summed E-state index contributed by atoms with van der Waals surface area (Å²) >= 11 is 1.34. The lowest BCUT2D eigenvalue weighted by Crippen LogP contribution is -2.41. The summed E-state index contributed by atoms with van der Waals surface area (Å²) in [6.07, 6.45) is 0. The van der Waals surface area contributed by atoms with Crippen LogP contribution in [0, 0.1) is 6.92 Å². The molecule has 7 nitrogen and oxygen atoms in total. The Balaban J connectivity index is 2.20. The van der Waals surface area contributed by atoms with E-state index in [2.05, 4.69) is 10.6 Å². The molecule has 2 amide bonds. The molecule has 0 fully saturated rings. The Morgan fingerprint density at radius 1 is 1.10 bits per heavy atom. The molecule has 162 valence electrons. The highest BCUT2D eigenvalue weighted by atomic mass is 32.1. The van der Waals surface area contributed by atoms with E-state index < -0.39 is 5.97 Å². The molecule has 0 saturated heterocycles. The molecule has 8 heteroatoms. The van der Waals surface area contributed by atoms with Crippen LogP contribution in [0.25, 0.3) is 10.4 Å². The Morgan fingerprint density at radius 2 is 1.73 bits per heavy atom. The van der Waals surface area contributed by atoms with Gasteiger partial charge < -0.3 is 15.4 Å². The Labute approximate surface area is 181 Å². The molecule has 0 spiro atoms. The third-order valence-corrected chi connectivity index (χ3v) is 5.45. The first kappa shape index (κ1) is 23.6. The number of thiophene rings is 1. The lowest BCUT2D eigenvalue weighted by Gasteiger charge is -2.17. The van der Waals surface area contributed by atoms with E-state index in [1.165, 1.54) is 11.3 Å². The molecule has 0 aliphatic carbocycles. The lowest BCUT2D eigenvalue weighted by molar-refractivity contribution is -0.123. The number of hydrogen-bond donors (Lipinski definition) is 2. The van der Waals surface area contributed by atoms with Crippen LogP contribution in [0.15, 0.2) is 30.3 Å². The van der Waals surface area contributed by atoms with E-state index in [9.17, 15) is 14.4 Å². The fraction of sp³-hybridized carbons (Fsp3) is 0.409. The van der Waals surface area contributed by atoms with Gasteiger partial charge in [-0.1, -0.05) is 30.3 Å². The highest BCUT2D eigenvalue weighted by molar-refractivity contribution is 7.20. The van der Waals surface area contributed by atoms with E-state index in [1.807, 2.05) is 51.1 Å². The SMILES string of the molecule is CCOC(=O)c1c(NC(=O)CN(C)CC(=O)NC(C)C)sc(-c2ccccc2)c1C. The van der Waals surface area contributed by atoms with Crippen LogP contribution in [0.5, 0.6) is 0 Å². The van der Waals surface area contributed by atoms with Crippen molar-refractivity contribution in [1.82, 2.24) is 10.2 Å². The van der Waals surface area contributed by atoms with Crippen LogP contribution in [0.2, 0.25) is 0 Å². The van der Waals surface area contributed by atoms with Crippen molar-refractivity contribution in [3.8, 4) is 10.4 Å². The molecule has 0 aliphatic heterocycles. The summed E-state index contributed by atoms with van der Waals surface area (Å²) in [5.41, 5.74) is 2.10. The monoisotopic (exact) mass is 431 g/mol. The number of nitrogens with one attached hydrogen (secondary N) is 2. The van der Waals surface area contributed by atoms with Gasteiger partial charge in [-0.15, -0.1) is 11.3 Å². The number of anilines is 1. The van der Waals surface area contributed by atoms with Gasteiger partial charge in [0.1, 0.15) is 5.00 Å². The molecule has 1 aromatic heterocycles. The molecular formula is C22H29N3O4S. The number of hydrogen-bond acceptors (Lipinski definition) is 6. The second-order valence-electron chi connectivity index (χ2n) is 7.29. The Bertz CT molecular complexity index is 893. The third kappa shape index (κ3) is 6.40. The third-order valence-electron chi connectivity index (χ3n) is 4.19. The maximum absolute atomic E-state index is 12.6. The van der Waals surface area contributed by atoms with Crippen LogP contribution in [-0.4, -0.2) is 55.5 Å². The predicted molar refractivity (Wildman–Crippen MR) is 120 cm³/mol. The minimum Gasteiger partial charge on any atom is -0.462 e. The number of rotatable bonds is 9. The molecule has 1 aromatic carbocycles. The van der Waals surface area contributed by atoms with Gasteiger partial charge >= 0.3 is 5.97 Å². The highest BCUT2D eigenvalue weighted by Crippen LogP contribution is 2.40. The second kappa shape index (κ2) is 10.9. The lowest BCUT2D eigenvalue weighted by atomic mass is 10.1. The normalized spacial score (nSPS) is 10.9. The summed E-state index contributed by atoms with van der Waals surface area (Å²) in [6, 6.07) is 9.73. The number of carbonyl (C=O) groups is 3. The molecular weight excluding hydrogens is 402 g/mol. The second-order valence-corrected chi connectivity index (χ2v) is 8.31. The standard InChI is InChI=1S/C22H29N3O4S/c1-6-29-22(28)19-15(4)20(16-10-8-7-9-11-16)30-21(19)24-18(27)13-25(5)12-17(26)23-14(2)3/h7-11,14H,6,12-13H2,1-5H3,(H,23,26)(H,24,27). The summed E-state index contributed by atoms with van der Waals surface area (Å²) in [7, 11) is 1.70. The van der Waals surface area contributed by atoms with Gasteiger partial charge in [0.25, 0.3) is 0 Å². The van der Waals surface area contributed by atoms with Gasteiger partial charge in [-0.3, -0.25) is 14.5 Å². The van der Waals surface area contributed by atoms with Crippen LogP contribution in [0.4, 0.5) is 5.00 Å². The Morgan fingerprint density at radius 3 is 2.33 bits per heavy atom. The van der Waals surface area contributed by atoms with Crippen molar-refractivity contribution in [1.29, 1.82) is 0 Å². The molecule has 0 bridgehead atoms. The van der Waals surface area contributed by atoms with Gasteiger partial charge in [-0.2, -0.15) is 0 Å². The van der Waals surface area contributed by atoms with Gasteiger partial charge in [0, 0.05) is 10.9 Å². The van der Waals surface area contributed by atoms with Gasteiger partial charge in [0.2, 0.25) is 11.8 Å². The fourth-order valence-corrected chi connectivity index (χ4v) is 4.21. The van der Waals surface area contributed by atoms with Crippen LogP contribution in [0.3, 0.4) is 0 Å². The number of carbonyl (C=O) groups excluding carboxylic acids is 3. The molecule has 0 saturated carbocycles. The van der Waals surface area contributed by atoms with E-state index >= 15 is 0 Å². The molecule has 0 unspecified atom stereocenters. The summed E-state index contributed by atoms with van der Waals surface area (Å²) in [4.78, 5) is 39.5. The van der Waals surface area contributed by atoms with Crippen LogP contribution >= 0.6 is 11.3 Å². The van der Waals surface area contributed by atoms with Crippen molar-refractivity contribution < 1.29 is 19.1 Å². The van der Waals surface area contributed by atoms with Crippen LogP contribution < -0.4 is 10.6 Å². The number of ether oxygens (including phenoxy) is 1. The quantitative estimate of drug-likeness (QED) is 0.595. The smallest absolute Gasteiger partial charge is 0.341 e. The van der Waals surface area contributed by atoms with Gasteiger partial charge in [-0.25, -0.2) is 4.79 Å². The first-order chi connectivity index (χ1) is 14.2. The minimum absolute atomic E-state index is 0.0192. The molecule has 2 aromatic rings. The van der Waals surface area contributed by atoms with Crippen molar-refractivity contribution in [2.24, 2.45) is 0 Å². The Hall–Kier alpha value is -2.71. The number of likely N-dealkylation sites (N-methyl/N-ethyl adjacent to an activating group) is 1. The zero-order chi connectivity index (χ0) is 22.3. The maximum atomic E-state index is 12.6. The van der Waals surface area contributed by atoms with E-state index in [0.717, 1.165) is 16.0 Å². The van der Waals surface area contributed by atoms with E-state index in [1.54, 1.807) is 18.9 Å². The van der Waals surface area contributed by atoms with Crippen molar-refractivity contribution in [3.63, 3.8) is 0 Å². The first-order valence-electron chi connectivity index (χ1n) is 9.86. The highest BCUT2D eigenvalue weighted by Gasteiger charge is 2.24. The molecule has 0 aliphatic rings. The summed E-state index contributed by atoms with van der Waals surface area (Å²) < 4.78 is 5.20. The summed E-state index contributed by atoms with van der Waals surface area (Å²) in [5, 5.41) is 6.08. The first-order valence-corrected chi connectivity index (χ1v) is 10.7. The minimum atomic E-state index is -0.464. The zero-order valence-electron chi connectivity index (χ0n) is 18.1. The molecule has 2 N–H and O–H groups in total. The van der Waals surface area contributed by atoms with Crippen molar-refractivity contribution in [2.75, 3.05) is 32.1 Å². The van der Waals surface area contributed by atoms with E-state index in [0.29, 0.717) is 10.6 Å². The molecule has 2 rings (SSSR count). The van der Waals surface area contributed by atoms with Crippen LogP contribution in [-0.2, 0) is 14.3 Å². The van der Waals surface area contributed by atoms with Gasteiger partial charge in [-0.05, 0) is 45.9 Å². The zero-order valence-corrected chi connectivity index (χ0v) is 18.9. The molecule has 0 radical (unpaired) electrons. The maximum Gasteiger partial charge on any atom is 0.341 e. The number of esters is 1. The largest absolute Gasteiger partial charge is 0.462 e. The fourth-order valence-electron chi connectivity index (χ4n) is 3.00. The van der Waals surface area contributed by atoms with Crippen molar-refractivity contribution in [2.45, 2.75) is 33.7 Å². The topological polar surface area (TPSA) is 87.7 Å². The average Bonchev–Trinajstić information content (AvgIpc) is 2.97.